The molecule has 0 saturated carbocycles. The van der Waals surface area contributed by atoms with Gasteiger partial charge in [0.2, 0.25) is 0 Å². The Morgan fingerprint density at radius 1 is 1.35 bits per heavy atom. The molecule has 1 amide bonds. The summed E-state index contributed by atoms with van der Waals surface area (Å²) in [4.78, 5) is 14.5. The first-order valence-corrected chi connectivity index (χ1v) is 8.22. The summed E-state index contributed by atoms with van der Waals surface area (Å²) in [5.74, 6) is 0.281. The van der Waals surface area contributed by atoms with Gasteiger partial charge in [-0.05, 0) is 39.7 Å². The van der Waals surface area contributed by atoms with E-state index in [1.807, 2.05) is 43.9 Å². The van der Waals surface area contributed by atoms with Gasteiger partial charge in [-0.3, -0.25) is 0 Å². The molecular formula is C18H25N3O2. The van der Waals surface area contributed by atoms with Crippen LogP contribution < -0.4 is 0 Å². The Morgan fingerprint density at radius 2 is 2.04 bits per heavy atom. The summed E-state index contributed by atoms with van der Waals surface area (Å²) in [6.07, 6.45) is 0.524. The monoisotopic (exact) mass is 315 g/mol. The largest absolute Gasteiger partial charge is 0.444 e. The average Bonchev–Trinajstić information content (AvgIpc) is 2.94. The number of nitrogens with zero attached hydrogens (tertiary/aromatic N) is 3. The van der Waals surface area contributed by atoms with E-state index in [9.17, 15) is 4.79 Å². The average molecular weight is 315 g/mol. The highest BCUT2D eigenvalue weighted by atomic mass is 16.6. The van der Waals surface area contributed by atoms with Crippen LogP contribution in [0.5, 0.6) is 0 Å². The van der Waals surface area contributed by atoms with Crippen LogP contribution in [0.3, 0.4) is 0 Å². The zero-order valence-electron chi connectivity index (χ0n) is 14.3. The molecule has 0 radical (unpaired) electrons. The molecule has 2 aliphatic heterocycles. The smallest absolute Gasteiger partial charge is 0.410 e. The van der Waals surface area contributed by atoms with Crippen molar-refractivity contribution < 1.29 is 9.53 Å². The molecule has 0 aromatic heterocycles. The molecule has 0 spiro atoms. The third-order valence-electron chi connectivity index (χ3n) is 4.78. The fraction of sp³-hybridized carbons (Fsp3) is 0.611. The lowest BCUT2D eigenvalue weighted by Gasteiger charge is -2.33. The van der Waals surface area contributed by atoms with E-state index < -0.39 is 5.60 Å². The lowest BCUT2D eigenvalue weighted by molar-refractivity contribution is 0.0199. The molecule has 1 aromatic rings. The van der Waals surface area contributed by atoms with Crippen LogP contribution in [0.15, 0.2) is 40.6 Å². The minimum Gasteiger partial charge on any atom is -0.444 e. The van der Waals surface area contributed by atoms with Gasteiger partial charge in [-0.1, -0.05) is 30.3 Å². The molecule has 2 aliphatic rings. The minimum absolute atomic E-state index is 0.0176. The Morgan fingerprint density at radius 3 is 2.70 bits per heavy atom. The van der Waals surface area contributed by atoms with Crippen LogP contribution in [-0.2, 0) is 11.2 Å². The number of fused-ring (bicyclic) bond motifs is 1. The summed E-state index contributed by atoms with van der Waals surface area (Å²) >= 11 is 0. The van der Waals surface area contributed by atoms with E-state index in [4.69, 9.17) is 4.74 Å². The predicted octanol–water partition coefficient (Wildman–Crippen LogP) is 3.69. The van der Waals surface area contributed by atoms with Gasteiger partial charge >= 0.3 is 6.09 Å². The highest BCUT2D eigenvalue weighted by Gasteiger charge is 2.55. The number of amides is 1. The predicted molar refractivity (Wildman–Crippen MR) is 88.5 cm³/mol. The molecular weight excluding hydrogens is 290 g/mol. The fourth-order valence-electron chi connectivity index (χ4n) is 3.50. The van der Waals surface area contributed by atoms with Gasteiger partial charge in [0.1, 0.15) is 11.1 Å². The molecule has 3 rings (SSSR count). The number of hydrogen-bond acceptors (Lipinski definition) is 4. The number of carbonyl (C=O) groups is 1. The minimum atomic E-state index is -0.492. The topological polar surface area (TPSA) is 54.3 Å². The SMILES string of the molecule is CC(C)(C)OC(=O)N1C[C@@H]2CN=N[C@]2(C)[C@@H]1Cc1ccccc1. The number of hydrogen-bond donors (Lipinski definition) is 0. The Labute approximate surface area is 137 Å². The summed E-state index contributed by atoms with van der Waals surface area (Å²) in [7, 11) is 0. The van der Waals surface area contributed by atoms with E-state index >= 15 is 0 Å². The second-order valence-corrected chi connectivity index (χ2v) is 7.68. The van der Waals surface area contributed by atoms with Crippen LogP contribution in [-0.4, -0.2) is 41.3 Å². The van der Waals surface area contributed by atoms with Crippen LogP contribution in [0.4, 0.5) is 4.79 Å². The number of likely N-dealkylation sites (tertiary alicyclic amines) is 1. The molecule has 2 heterocycles. The molecule has 3 atom stereocenters. The Hall–Kier alpha value is -1.91. The summed E-state index contributed by atoms with van der Waals surface area (Å²) in [5.41, 5.74) is 0.399. The molecule has 0 aliphatic carbocycles. The lowest BCUT2D eigenvalue weighted by Crippen LogP contribution is -2.47. The van der Waals surface area contributed by atoms with E-state index in [0.717, 1.165) is 6.42 Å². The third-order valence-corrected chi connectivity index (χ3v) is 4.78. The quantitative estimate of drug-likeness (QED) is 0.836. The Bertz CT molecular complexity index is 608. The van der Waals surface area contributed by atoms with Crippen molar-refractivity contribution in [3.05, 3.63) is 35.9 Å². The van der Waals surface area contributed by atoms with E-state index in [2.05, 4.69) is 29.3 Å². The number of azo groups is 1. The standard InChI is InChI=1S/C18H25N3O2/c1-17(2,3)23-16(22)21-12-14-11-19-20-18(14,4)15(21)10-13-8-6-5-7-9-13/h5-9,14-15H,10-12H2,1-4H3/t14-,15-,18-/m0/s1. The molecule has 1 fully saturated rings. The van der Waals surface area contributed by atoms with E-state index in [1.165, 1.54) is 5.56 Å². The molecule has 1 saturated heterocycles. The summed E-state index contributed by atoms with van der Waals surface area (Å²) in [5, 5.41) is 8.76. The lowest BCUT2D eigenvalue weighted by atomic mass is 9.82. The molecule has 0 unspecified atom stereocenters. The van der Waals surface area contributed by atoms with Crippen LogP contribution in [0.2, 0.25) is 0 Å². The van der Waals surface area contributed by atoms with E-state index in [1.54, 1.807) is 0 Å². The molecule has 23 heavy (non-hydrogen) atoms. The first-order valence-electron chi connectivity index (χ1n) is 8.22. The van der Waals surface area contributed by atoms with E-state index in [0.29, 0.717) is 13.1 Å². The maximum Gasteiger partial charge on any atom is 0.410 e. The van der Waals surface area contributed by atoms with Crippen molar-refractivity contribution in [1.82, 2.24) is 4.90 Å². The Kier molecular flexibility index (Phi) is 3.90. The van der Waals surface area contributed by atoms with Gasteiger partial charge in [-0.25, -0.2) is 4.79 Å². The summed E-state index contributed by atoms with van der Waals surface area (Å²) < 4.78 is 5.61. The maximum atomic E-state index is 12.7. The van der Waals surface area contributed by atoms with Crippen molar-refractivity contribution in [2.24, 2.45) is 16.1 Å². The number of carbonyl (C=O) groups excluding carboxylic acids is 1. The normalized spacial score (nSPS) is 29.7. The fourth-order valence-corrected chi connectivity index (χ4v) is 3.50. The van der Waals surface area contributed by atoms with Gasteiger partial charge in [0.15, 0.2) is 0 Å². The maximum absolute atomic E-state index is 12.7. The summed E-state index contributed by atoms with van der Waals surface area (Å²) in [6.45, 7) is 9.17. The third kappa shape index (κ3) is 3.09. The van der Waals surface area contributed by atoms with Crippen molar-refractivity contribution in [3.63, 3.8) is 0 Å². The van der Waals surface area contributed by atoms with Gasteiger partial charge < -0.3 is 9.64 Å². The Balaban J connectivity index is 1.86. The highest BCUT2D eigenvalue weighted by molar-refractivity contribution is 5.69. The second-order valence-electron chi connectivity index (χ2n) is 7.68. The second kappa shape index (κ2) is 5.62. The van der Waals surface area contributed by atoms with Crippen molar-refractivity contribution in [2.75, 3.05) is 13.1 Å². The van der Waals surface area contributed by atoms with Crippen molar-refractivity contribution >= 4 is 6.09 Å². The zero-order chi connectivity index (χ0) is 16.7. The zero-order valence-corrected chi connectivity index (χ0v) is 14.3. The highest BCUT2D eigenvalue weighted by Crippen LogP contribution is 2.43. The number of ether oxygens (including phenoxy) is 1. The first-order chi connectivity index (χ1) is 10.8. The van der Waals surface area contributed by atoms with Crippen LogP contribution in [0, 0.1) is 5.92 Å². The first kappa shape index (κ1) is 16.0. The van der Waals surface area contributed by atoms with Gasteiger partial charge in [0.05, 0.1) is 12.6 Å². The van der Waals surface area contributed by atoms with Crippen molar-refractivity contribution in [3.8, 4) is 0 Å². The van der Waals surface area contributed by atoms with Crippen molar-refractivity contribution in [2.45, 2.75) is 51.3 Å². The molecule has 0 bridgehead atoms. The van der Waals surface area contributed by atoms with Gasteiger partial charge in [-0.2, -0.15) is 10.2 Å². The van der Waals surface area contributed by atoms with Gasteiger partial charge in [-0.15, -0.1) is 0 Å². The van der Waals surface area contributed by atoms with Crippen LogP contribution in [0.25, 0.3) is 0 Å². The van der Waals surface area contributed by atoms with Crippen LogP contribution >= 0.6 is 0 Å². The number of rotatable bonds is 2. The molecule has 1 aromatic carbocycles. The summed E-state index contributed by atoms with van der Waals surface area (Å²) in [6, 6.07) is 10.2. The van der Waals surface area contributed by atoms with Crippen LogP contribution in [0.1, 0.15) is 33.3 Å². The molecule has 5 nitrogen and oxygen atoms in total. The van der Waals surface area contributed by atoms with Crippen molar-refractivity contribution in [1.29, 1.82) is 0 Å². The molecule has 124 valence electrons. The van der Waals surface area contributed by atoms with E-state index in [-0.39, 0.29) is 23.6 Å². The number of benzene rings is 1. The molecule has 0 N–H and O–H groups in total. The van der Waals surface area contributed by atoms with Gasteiger partial charge in [0.25, 0.3) is 0 Å². The van der Waals surface area contributed by atoms with Gasteiger partial charge in [0, 0.05) is 12.5 Å². The molecule has 5 heteroatoms.